The molecule has 12 nitrogen and oxygen atoms in total. The summed E-state index contributed by atoms with van der Waals surface area (Å²) < 4.78 is 27.3. The number of oxime groups is 1. The third kappa shape index (κ3) is 17.9. The number of ether oxygens (including phenoxy) is 4. The van der Waals surface area contributed by atoms with Gasteiger partial charge in [-0.3, -0.25) is 4.79 Å². The van der Waals surface area contributed by atoms with Gasteiger partial charge in [-0.1, -0.05) is 196 Å². The SMILES string of the molecule is C=CCO[C@@]12Oc3ccc(OC(=O)NCCCCCCCCCCCC)cc3[C@H]3[C@H](CCCCO)[C@@H](CCCCO)C=C(C(=NOC4CCCCO4)C[C@@H]1N(Cc1cccc4ccccc14)C(=O)CCCCCCCCCCC)[C@H]32. The van der Waals surface area contributed by atoms with E-state index in [2.05, 4.69) is 74.3 Å². The second kappa shape index (κ2) is 34.6. The lowest BCUT2D eigenvalue weighted by atomic mass is 9.55. The molecule has 442 valence electrons. The van der Waals surface area contributed by atoms with E-state index in [0.29, 0.717) is 56.9 Å². The highest BCUT2D eigenvalue weighted by molar-refractivity contribution is 6.03. The summed E-state index contributed by atoms with van der Waals surface area (Å²) in [5.74, 6) is -1.09. The van der Waals surface area contributed by atoms with Crippen LogP contribution in [0.2, 0.25) is 0 Å². The van der Waals surface area contributed by atoms with Crippen LogP contribution in [0.4, 0.5) is 4.79 Å². The first-order chi connectivity index (χ1) is 39.3. The minimum atomic E-state index is -1.43. The highest BCUT2D eigenvalue weighted by atomic mass is 16.8. The second-order valence-electron chi connectivity index (χ2n) is 23.4. The zero-order valence-corrected chi connectivity index (χ0v) is 49.2. The van der Waals surface area contributed by atoms with Gasteiger partial charge in [-0.2, -0.15) is 0 Å². The summed E-state index contributed by atoms with van der Waals surface area (Å²) in [5.41, 5.74) is 3.63. The summed E-state index contributed by atoms with van der Waals surface area (Å²) in [7, 11) is 0. The number of rotatable bonds is 38. The number of hydrogen-bond donors (Lipinski definition) is 3. The van der Waals surface area contributed by atoms with Crippen LogP contribution in [0.3, 0.4) is 0 Å². The zero-order valence-electron chi connectivity index (χ0n) is 49.2. The van der Waals surface area contributed by atoms with Gasteiger partial charge in [-0.15, -0.1) is 6.58 Å². The Bertz CT molecular complexity index is 2380. The molecule has 2 aliphatic heterocycles. The van der Waals surface area contributed by atoms with E-state index in [-0.39, 0.29) is 43.5 Å². The predicted octanol–water partition coefficient (Wildman–Crippen LogP) is 16.0. The van der Waals surface area contributed by atoms with Crippen LogP contribution in [0.25, 0.3) is 10.8 Å². The van der Waals surface area contributed by atoms with Gasteiger partial charge in [0.15, 0.2) is 0 Å². The molecule has 2 heterocycles. The fraction of sp³-hybridized carbons (Fsp3) is 0.662. The lowest BCUT2D eigenvalue weighted by Crippen LogP contribution is -2.70. The molecule has 80 heavy (non-hydrogen) atoms. The number of benzene rings is 3. The van der Waals surface area contributed by atoms with Crippen molar-refractivity contribution in [3.63, 3.8) is 0 Å². The first-order valence-electron chi connectivity index (χ1n) is 31.9. The van der Waals surface area contributed by atoms with Crippen molar-refractivity contribution < 1.29 is 43.6 Å². The Kier molecular flexibility index (Phi) is 27.2. The average molecular weight is 1100 g/mol. The highest BCUT2D eigenvalue weighted by Gasteiger charge is 2.65. The molecule has 0 bridgehead atoms. The van der Waals surface area contributed by atoms with Gasteiger partial charge in [0.25, 0.3) is 0 Å². The Labute approximate surface area is 480 Å². The fourth-order valence-corrected chi connectivity index (χ4v) is 13.3. The summed E-state index contributed by atoms with van der Waals surface area (Å²) in [6, 6.07) is 19.7. The van der Waals surface area contributed by atoms with Crippen molar-refractivity contribution in [3.05, 3.63) is 96.1 Å². The quantitative estimate of drug-likeness (QED) is 0.0290. The molecule has 2 amide bonds. The van der Waals surface area contributed by atoms with E-state index in [0.717, 1.165) is 117 Å². The van der Waals surface area contributed by atoms with E-state index < -0.39 is 30.1 Å². The summed E-state index contributed by atoms with van der Waals surface area (Å²) in [5, 5.41) is 30.7. The van der Waals surface area contributed by atoms with Gasteiger partial charge in [0.2, 0.25) is 18.0 Å². The molecule has 0 spiro atoms. The van der Waals surface area contributed by atoms with Crippen molar-refractivity contribution in [3.8, 4) is 11.5 Å². The molecule has 3 aromatic rings. The molecule has 7 rings (SSSR count). The molecule has 7 atom stereocenters. The first-order valence-corrected chi connectivity index (χ1v) is 31.9. The normalized spacial score (nSPS) is 22.7. The Morgan fingerprint density at radius 1 is 0.787 bits per heavy atom. The Morgan fingerprint density at radius 3 is 2.15 bits per heavy atom. The van der Waals surface area contributed by atoms with E-state index in [1.807, 2.05) is 23.1 Å². The van der Waals surface area contributed by atoms with Gasteiger partial charge in [0.05, 0.1) is 24.8 Å². The molecule has 4 aliphatic rings. The number of aliphatic hydroxyl groups excluding tert-OH is 2. The topological polar surface area (TPSA) is 148 Å². The van der Waals surface area contributed by atoms with Crippen molar-refractivity contribution in [2.45, 2.75) is 237 Å². The monoisotopic (exact) mass is 1100 g/mol. The highest BCUT2D eigenvalue weighted by Crippen LogP contribution is 2.62. The number of allylic oxidation sites excluding steroid dienone is 1. The number of carbonyl (C=O) groups excluding carboxylic acids is 2. The molecule has 0 radical (unpaired) electrons. The molecule has 3 aromatic carbocycles. The molecule has 12 heteroatoms. The van der Waals surface area contributed by atoms with Crippen LogP contribution in [0, 0.1) is 17.8 Å². The lowest BCUT2D eigenvalue weighted by Gasteiger charge is -2.60. The molecular weight excluding hydrogens is 1000 g/mol. The molecule has 3 N–H and O–H groups in total. The number of amides is 2. The van der Waals surface area contributed by atoms with Crippen molar-refractivity contribution >= 4 is 28.5 Å². The molecule has 2 aliphatic carbocycles. The molecule has 1 saturated carbocycles. The van der Waals surface area contributed by atoms with Crippen LogP contribution < -0.4 is 14.8 Å². The van der Waals surface area contributed by atoms with E-state index in [9.17, 15) is 15.0 Å². The number of carbonyl (C=O) groups is 2. The lowest BCUT2D eigenvalue weighted by molar-refractivity contribution is -0.258. The third-order valence-electron chi connectivity index (χ3n) is 17.5. The van der Waals surface area contributed by atoms with Gasteiger partial charge in [0.1, 0.15) is 17.5 Å². The van der Waals surface area contributed by atoms with Crippen LogP contribution in [0.5, 0.6) is 11.5 Å². The van der Waals surface area contributed by atoms with Crippen LogP contribution in [0.15, 0.2) is 90.1 Å². The van der Waals surface area contributed by atoms with Crippen LogP contribution in [-0.4, -0.2) is 83.9 Å². The minimum absolute atomic E-state index is 0.00977. The van der Waals surface area contributed by atoms with Gasteiger partial charge in [-0.25, -0.2) is 4.79 Å². The summed E-state index contributed by atoms with van der Waals surface area (Å²) in [6.45, 7) is 10.5. The molecular formula is C68H101N3O9. The largest absolute Gasteiger partial charge is 0.459 e. The molecule has 1 saturated heterocycles. The van der Waals surface area contributed by atoms with Gasteiger partial charge in [0, 0.05) is 57.0 Å². The van der Waals surface area contributed by atoms with E-state index in [1.54, 1.807) is 6.08 Å². The van der Waals surface area contributed by atoms with Crippen molar-refractivity contribution in [1.82, 2.24) is 10.2 Å². The zero-order chi connectivity index (χ0) is 56.2. The fourth-order valence-electron chi connectivity index (χ4n) is 13.3. The Balaban J connectivity index is 1.29. The predicted molar refractivity (Wildman–Crippen MR) is 322 cm³/mol. The Morgan fingerprint density at radius 2 is 1.46 bits per heavy atom. The van der Waals surface area contributed by atoms with Gasteiger partial charge >= 0.3 is 6.09 Å². The van der Waals surface area contributed by atoms with Crippen LogP contribution in [0.1, 0.15) is 224 Å². The number of nitrogens with one attached hydrogen (secondary N) is 1. The number of unbranched alkanes of at least 4 members (excludes halogenated alkanes) is 19. The minimum Gasteiger partial charge on any atom is -0.459 e. The smallest absolute Gasteiger partial charge is 0.412 e. The maximum atomic E-state index is 15.7. The second-order valence-corrected chi connectivity index (χ2v) is 23.4. The maximum Gasteiger partial charge on any atom is 0.412 e. The van der Waals surface area contributed by atoms with Gasteiger partial charge in [-0.05, 0) is 103 Å². The van der Waals surface area contributed by atoms with Crippen molar-refractivity contribution in [2.24, 2.45) is 22.9 Å². The van der Waals surface area contributed by atoms with Crippen molar-refractivity contribution in [2.75, 3.05) is 33.0 Å². The number of fused-ring (bicyclic) bond motifs is 3. The van der Waals surface area contributed by atoms with Gasteiger partial charge < -0.3 is 44.2 Å². The Hall–Kier alpha value is -4.75. The summed E-state index contributed by atoms with van der Waals surface area (Å²) in [6.07, 6.45) is 33.5. The molecule has 0 aromatic heterocycles. The third-order valence-corrected chi connectivity index (χ3v) is 17.5. The summed E-state index contributed by atoms with van der Waals surface area (Å²) in [4.78, 5) is 37.8. The van der Waals surface area contributed by atoms with E-state index in [1.165, 1.54) is 83.5 Å². The average Bonchev–Trinajstić information content (AvgIpc) is 3.31. The summed E-state index contributed by atoms with van der Waals surface area (Å²) >= 11 is 0. The van der Waals surface area contributed by atoms with E-state index >= 15 is 4.79 Å². The maximum absolute atomic E-state index is 15.7. The molecule has 2 fully saturated rings. The standard InChI is InChI=1S/C68H101N3O9/c1-4-7-9-11-13-15-17-19-21-28-43-69-67(75)78-55-41-42-61-59(49-55)65-57(38-26-30-45-73)53(34-25-29-44-72)48-58-60(70-80-64-40-27-31-47-76-64)50-62(68(79-61,66(58)65)77-46-6-3)71(51-54-36-32-35-52-33-23-24-37-56(52)54)63(74)39-22-20-18-16-14-12-10-8-5-2/h6,23-24,32-33,35-37,41-42,48-49,53,57,62,64-66,72-73H,3-5,7-22,25-31,34,38-40,43-47,50-51H2,1-2H3,(H,69,75)/t53-,57+,62-,64?,65+,66+,68+/m0/s1. The number of nitrogens with zero attached hydrogens (tertiary/aromatic N) is 2. The van der Waals surface area contributed by atoms with Crippen LogP contribution >= 0.6 is 0 Å². The molecule has 1 unspecified atom stereocenters. The van der Waals surface area contributed by atoms with E-state index in [4.69, 9.17) is 28.9 Å². The first kappa shape index (κ1) is 62.8. The number of hydrogen-bond acceptors (Lipinski definition) is 10. The number of aliphatic hydroxyl groups is 2. The van der Waals surface area contributed by atoms with Crippen LogP contribution in [-0.2, 0) is 25.7 Å². The van der Waals surface area contributed by atoms with Crippen molar-refractivity contribution in [1.29, 1.82) is 0 Å².